The molecule has 0 amide bonds. The van der Waals surface area contributed by atoms with Crippen LogP contribution in [0.2, 0.25) is 0 Å². The minimum atomic E-state index is 0.124. The van der Waals surface area contributed by atoms with Crippen LogP contribution in [0.1, 0.15) is 26.5 Å². The third-order valence-electron chi connectivity index (χ3n) is 2.20. The number of pyridine rings is 1. The average molecular weight is 174 g/mol. The van der Waals surface area contributed by atoms with E-state index in [2.05, 4.69) is 36.8 Å². The molecule has 0 saturated heterocycles. The number of hydrogen-bond donors (Lipinski definition) is 1. The third kappa shape index (κ3) is 1.44. The van der Waals surface area contributed by atoms with Crippen LogP contribution in [0.5, 0.6) is 0 Å². The van der Waals surface area contributed by atoms with Gasteiger partial charge in [0.2, 0.25) is 0 Å². The second-order valence-corrected chi connectivity index (χ2v) is 4.38. The lowest BCUT2D eigenvalue weighted by Crippen LogP contribution is -2.12. The van der Waals surface area contributed by atoms with Gasteiger partial charge in [0.25, 0.3) is 0 Å². The van der Waals surface area contributed by atoms with Crippen LogP contribution >= 0.6 is 0 Å². The first-order valence-corrected chi connectivity index (χ1v) is 4.51. The Hall–Kier alpha value is -1.31. The molecule has 0 atom stereocenters. The van der Waals surface area contributed by atoms with Crippen LogP contribution in [-0.4, -0.2) is 9.97 Å². The van der Waals surface area contributed by atoms with Gasteiger partial charge in [-0.05, 0) is 12.1 Å². The normalized spacial score (nSPS) is 12.2. The second kappa shape index (κ2) is 2.59. The summed E-state index contributed by atoms with van der Waals surface area (Å²) < 4.78 is 0. The minimum Gasteiger partial charge on any atom is -0.361 e. The summed E-state index contributed by atoms with van der Waals surface area (Å²) in [6.07, 6.45) is 3.87. The minimum absolute atomic E-state index is 0.124. The molecule has 2 rings (SSSR count). The highest BCUT2D eigenvalue weighted by Crippen LogP contribution is 2.22. The van der Waals surface area contributed by atoms with Crippen molar-refractivity contribution in [1.82, 2.24) is 9.97 Å². The molecule has 0 fully saturated rings. The number of hydrogen-bond acceptors (Lipinski definition) is 1. The molecule has 0 aliphatic heterocycles. The molecule has 0 aliphatic rings. The van der Waals surface area contributed by atoms with E-state index in [4.69, 9.17) is 0 Å². The predicted molar refractivity (Wildman–Crippen MR) is 54.8 cm³/mol. The van der Waals surface area contributed by atoms with Crippen molar-refractivity contribution < 1.29 is 0 Å². The summed E-state index contributed by atoms with van der Waals surface area (Å²) in [4.78, 5) is 7.62. The summed E-state index contributed by atoms with van der Waals surface area (Å²) in [5.74, 6) is 0. The van der Waals surface area contributed by atoms with Crippen LogP contribution < -0.4 is 0 Å². The van der Waals surface area contributed by atoms with Crippen LogP contribution in [-0.2, 0) is 5.41 Å². The molecule has 0 unspecified atom stereocenters. The van der Waals surface area contributed by atoms with Crippen LogP contribution in [0.25, 0.3) is 10.9 Å². The van der Waals surface area contributed by atoms with E-state index in [0.29, 0.717) is 0 Å². The molecule has 2 heterocycles. The molecule has 68 valence electrons. The number of nitrogens with zero attached hydrogens (tertiary/aromatic N) is 1. The zero-order chi connectivity index (χ0) is 9.47. The molecule has 0 bridgehead atoms. The van der Waals surface area contributed by atoms with Crippen molar-refractivity contribution in [2.24, 2.45) is 0 Å². The third-order valence-corrected chi connectivity index (χ3v) is 2.20. The van der Waals surface area contributed by atoms with E-state index in [1.54, 1.807) is 0 Å². The second-order valence-electron chi connectivity index (χ2n) is 4.38. The maximum atomic E-state index is 4.43. The quantitative estimate of drug-likeness (QED) is 0.653. The molecular formula is C11H14N2. The molecule has 0 aromatic carbocycles. The van der Waals surface area contributed by atoms with Crippen molar-refractivity contribution in [3.8, 4) is 0 Å². The van der Waals surface area contributed by atoms with Gasteiger partial charge >= 0.3 is 0 Å². The fourth-order valence-corrected chi connectivity index (χ4v) is 1.36. The summed E-state index contributed by atoms with van der Waals surface area (Å²) in [5, 5.41) is 1.17. The van der Waals surface area contributed by atoms with Crippen LogP contribution in [0, 0.1) is 0 Å². The maximum Gasteiger partial charge on any atom is 0.0487 e. The van der Waals surface area contributed by atoms with Gasteiger partial charge in [0, 0.05) is 34.4 Å². The van der Waals surface area contributed by atoms with Crippen molar-refractivity contribution in [2.45, 2.75) is 26.2 Å². The van der Waals surface area contributed by atoms with Crippen molar-refractivity contribution in [3.63, 3.8) is 0 Å². The first-order chi connectivity index (χ1) is 6.07. The number of fused-ring (bicyclic) bond motifs is 1. The number of aromatic amines is 1. The first kappa shape index (κ1) is 8.30. The summed E-state index contributed by atoms with van der Waals surface area (Å²) in [7, 11) is 0. The molecule has 0 radical (unpaired) electrons. The molecule has 13 heavy (non-hydrogen) atoms. The highest BCUT2D eigenvalue weighted by molar-refractivity contribution is 5.78. The molecule has 0 spiro atoms. The Morgan fingerprint density at radius 1 is 1.31 bits per heavy atom. The monoisotopic (exact) mass is 174 g/mol. The summed E-state index contributed by atoms with van der Waals surface area (Å²) in [6, 6.07) is 4.16. The fourth-order valence-electron chi connectivity index (χ4n) is 1.36. The average Bonchev–Trinajstić information content (AvgIpc) is 2.47. The van der Waals surface area contributed by atoms with Crippen LogP contribution in [0.4, 0.5) is 0 Å². The largest absolute Gasteiger partial charge is 0.361 e. The van der Waals surface area contributed by atoms with E-state index in [-0.39, 0.29) is 5.41 Å². The van der Waals surface area contributed by atoms with Gasteiger partial charge < -0.3 is 4.98 Å². The number of rotatable bonds is 0. The van der Waals surface area contributed by atoms with Crippen molar-refractivity contribution in [2.75, 3.05) is 0 Å². The Bertz CT molecular complexity index is 421. The van der Waals surface area contributed by atoms with Crippen molar-refractivity contribution in [3.05, 3.63) is 30.2 Å². The summed E-state index contributed by atoms with van der Waals surface area (Å²) in [5.41, 5.74) is 2.42. The number of nitrogens with one attached hydrogen (secondary N) is 1. The summed E-state index contributed by atoms with van der Waals surface area (Å²) >= 11 is 0. The standard InChI is InChI=1S/C11H14N2/c1-11(2,3)10-6-9-8(7-13-10)4-5-12-9/h4-7,12H,1-3H3. The van der Waals surface area contributed by atoms with E-state index < -0.39 is 0 Å². The van der Waals surface area contributed by atoms with Gasteiger partial charge in [0.1, 0.15) is 0 Å². The van der Waals surface area contributed by atoms with E-state index >= 15 is 0 Å². The first-order valence-electron chi connectivity index (χ1n) is 4.51. The SMILES string of the molecule is CC(C)(C)c1cc2[nH]ccc2cn1. The van der Waals surface area contributed by atoms with E-state index in [0.717, 1.165) is 5.69 Å². The lowest BCUT2D eigenvalue weighted by Gasteiger charge is -2.17. The van der Waals surface area contributed by atoms with Gasteiger partial charge in [-0.3, -0.25) is 4.98 Å². The Kier molecular flexibility index (Phi) is 1.65. The molecule has 2 heteroatoms. The molecule has 0 aliphatic carbocycles. The summed E-state index contributed by atoms with van der Waals surface area (Å²) in [6.45, 7) is 6.51. The lowest BCUT2D eigenvalue weighted by atomic mass is 9.91. The van der Waals surface area contributed by atoms with E-state index in [1.165, 1.54) is 10.9 Å². The van der Waals surface area contributed by atoms with Gasteiger partial charge in [-0.25, -0.2) is 0 Å². The van der Waals surface area contributed by atoms with Crippen molar-refractivity contribution >= 4 is 10.9 Å². The molecule has 1 N–H and O–H groups in total. The van der Waals surface area contributed by atoms with Gasteiger partial charge in [-0.1, -0.05) is 20.8 Å². The maximum absolute atomic E-state index is 4.43. The van der Waals surface area contributed by atoms with Gasteiger partial charge in [-0.15, -0.1) is 0 Å². The molecule has 2 aromatic rings. The Labute approximate surface area is 78.0 Å². The van der Waals surface area contributed by atoms with Gasteiger partial charge in [-0.2, -0.15) is 0 Å². The highest BCUT2D eigenvalue weighted by atomic mass is 14.7. The van der Waals surface area contributed by atoms with Gasteiger partial charge in [0.05, 0.1) is 0 Å². The number of H-pyrrole nitrogens is 1. The zero-order valence-corrected chi connectivity index (χ0v) is 8.26. The predicted octanol–water partition coefficient (Wildman–Crippen LogP) is 2.86. The zero-order valence-electron chi connectivity index (χ0n) is 8.26. The lowest BCUT2D eigenvalue weighted by molar-refractivity contribution is 0.570. The van der Waals surface area contributed by atoms with Crippen molar-refractivity contribution in [1.29, 1.82) is 0 Å². The molecule has 0 saturated carbocycles. The highest BCUT2D eigenvalue weighted by Gasteiger charge is 2.15. The Morgan fingerprint density at radius 2 is 2.08 bits per heavy atom. The van der Waals surface area contributed by atoms with E-state index in [1.807, 2.05) is 18.5 Å². The molecule has 2 nitrogen and oxygen atoms in total. The van der Waals surface area contributed by atoms with Gasteiger partial charge in [0.15, 0.2) is 0 Å². The Morgan fingerprint density at radius 3 is 2.77 bits per heavy atom. The molecule has 2 aromatic heterocycles. The topological polar surface area (TPSA) is 28.7 Å². The van der Waals surface area contributed by atoms with E-state index in [9.17, 15) is 0 Å². The van der Waals surface area contributed by atoms with Crippen LogP contribution in [0.15, 0.2) is 24.5 Å². The Balaban J connectivity index is 2.61. The number of aromatic nitrogens is 2. The smallest absolute Gasteiger partial charge is 0.0487 e. The molecular weight excluding hydrogens is 160 g/mol. The van der Waals surface area contributed by atoms with Crippen LogP contribution in [0.3, 0.4) is 0 Å². The fraction of sp³-hybridized carbons (Fsp3) is 0.364.